The monoisotopic (exact) mass is 724 g/mol. The van der Waals surface area contributed by atoms with E-state index in [1.165, 1.54) is 65.1 Å². The fraction of sp³-hybridized carbons (Fsp3) is 0.767. The Hall–Kier alpha value is -3.09. The van der Waals surface area contributed by atoms with Crippen molar-refractivity contribution in [2.24, 2.45) is 0 Å². The molecule has 0 aliphatic carbocycles. The average molecular weight is 725 g/mol. The number of esters is 6. The molecule has 2 aliphatic rings. The first-order valence-electron chi connectivity index (χ1n) is 15.3. The molecule has 0 radical (unpaired) electrons. The van der Waals surface area contributed by atoms with Gasteiger partial charge in [-0.3, -0.25) is 33.6 Å². The Morgan fingerprint density at radius 2 is 1.02 bits per heavy atom. The highest BCUT2D eigenvalue weighted by molar-refractivity contribution is 8.01. The van der Waals surface area contributed by atoms with Gasteiger partial charge in [-0.05, 0) is 25.0 Å². The van der Waals surface area contributed by atoms with Crippen LogP contribution in [0.1, 0.15) is 73.6 Å². The summed E-state index contributed by atoms with van der Waals surface area (Å²) < 4.78 is 44.3. The van der Waals surface area contributed by atoms with E-state index in [0.717, 1.165) is 0 Å². The second-order valence-electron chi connectivity index (χ2n) is 11.1. The third-order valence-electron chi connectivity index (χ3n) is 6.82. The van der Waals surface area contributed by atoms with E-state index >= 15 is 0 Å². The van der Waals surface area contributed by atoms with Crippen LogP contribution < -0.4 is 0 Å². The molecule has 9 atom stereocenters. The maximum absolute atomic E-state index is 12.1. The number of carbonyl (C=O) groups is 7. The van der Waals surface area contributed by atoms with Crippen LogP contribution in [0.15, 0.2) is 0 Å². The van der Waals surface area contributed by atoms with Gasteiger partial charge in [-0.25, -0.2) is 0 Å². The first-order valence-corrected chi connectivity index (χ1v) is 17.3. The number of rotatable bonds is 17. The van der Waals surface area contributed by atoms with E-state index in [4.69, 9.17) is 43.0 Å². The number of carboxylic acids is 1. The van der Waals surface area contributed by atoms with Crippen molar-refractivity contribution in [1.82, 2.24) is 0 Å². The van der Waals surface area contributed by atoms with Crippen LogP contribution in [-0.2, 0) is 71.5 Å². The molecule has 0 amide bonds. The van der Waals surface area contributed by atoms with E-state index < -0.39 is 89.3 Å². The Labute approximate surface area is 286 Å². The molecule has 48 heavy (non-hydrogen) atoms. The van der Waals surface area contributed by atoms with Crippen molar-refractivity contribution in [2.75, 3.05) is 19.0 Å². The van der Waals surface area contributed by atoms with Gasteiger partial charge < -0.3 is 43.0 Å². The lowest BCUT2D eigenvalue weighted by molar-refractivity contribution is -0.213. The summed E-state index contributed by atoms with van der Waals surface area (Å²) in [5, 5.41) is 8.88. The molecule has 0 spiro atoms. The van der Waals surface area contributed by atoms with Crippen LogP contribution in [0, 0.1) is 0 Å². The lowest BCUT2D eigenvalue weighted by atomic mass is 10.1. The van der Waals surface area contributed by atoms with Gasteiger partial charge in [0, 0.05) is 53.2 Å². The second kappa shape index (κ2) is 20.4. The fourth-order valence-electron chi connectivity index (χ4n) is 5.11. The Kier molecular flexibility index (Phi) is 17.5. The quantitative estimate of drug-likeness (QED) is 0.129. The van der Waals surface area contributed by atoms with Crippen molar-refractivity contribution in [1.29, 1.82) is 0 Å². The fourth-order valence-corrected chi connectivity index (χ4v) is 7.95. The topological polar surface area (TPSA) is 214 Å². The van der Waals surface area contributed by atoms with Crippen LogP contribution >= 0.6 is 23.5 Å². The Morgan fingerprint density at radius 1 is 0.604 bits per heavy atom. The average Bonchev–Trinajstić information content (AvgIpc) is 2.95. The van der Waals surface area contributed by atoms with Gasteiger partial charge >= 0.3 is 41.8 Å². The summed E-state index contributed by atoms with van der Waals surface area (Å²) in [6.45, 7) is 6.82. The molecule has 18 heteroatoms. The highest BCUT2D eigenvalue weighted by Crippen LogP contribution is 2.37. The molecule has 0 bridgehead atoms. The van der Waals surface area contributed by atoms with Gasteiger partial charge in [0.15, 0.2) is 36.6 Å². The molecule has 3 unspecified atom stereocenters. The molecule has 2 rings (SSSR count). The van der Waals surface area contributed by atoms with E-state index in [0.29, 0.717) is 31.4 Å². The number of hydrogen-bond donors (Lipinski definition) is 1. The van der Waals surface area contributed by atoms with Crippen LogP contribution in [0.5, 0.6) is 0 Å². The standard InChI is InChI=1S/C30H44O16S2/c1-15(31)41-22-13-39-29(27(45-19(5)35)25(22)43-17(3)33)47-12-11-21(9-7-8-10-24(37)38)48-30-28(46-20(6)36)26(44-18(4)34)23(14-40-30)42-16(2)32/h21-23,25-30H,7-14H2,1-6H3,(H,37,38)/t21?,22-,23-,25?,26?,27-,28-,29+,30+/m1/s1. The van der Waals surface area contributed by atoms with E-state index in [1.807, 2.05) is 0 Å². The molecule has 2 saturated heterocycles. The lowest BCUT2D eigenvalue weighted by Crippen LogP contribution is -2.56. The molecule has 2 aliphatic heterocycles. The molecule has 0 aromatic rings. The number of hydrogen-bond acceptors (Lipinski definition) is 17. The van der Waals surface area contributed by atoms with Gasteiger partial charge in [0.25, 0.3) is 0 Å². The minimum Gasteiger partial charge on any atom is -0.481 e. The van der Waals surface area contributed by atoms with Gasteiger partial charge in [0.2, 0.25) is 0 Å². The Bertz CT molecular complexity index is 1150. The number of unbranched alkanes of at least 4 members (excludes halogenated alkanes) is 1. The Balaban J connectivity index is 2.26. The van der Waals surface area contributed by atoms with E-state index in [9.17, 15) is 33.6 Å². The lowest BCUT2D eigenvalue weighted by Gasteiger charge is -2.41. The second-order valence-corrected chi connectivity index (χ2v) is 13.7. The van der Waals surface area contributed by atoms with Gasteiger partial charge in [-0.2, -0.15) is 0 Å². The molecule has 2 fully saturated rings. The van der Waals surface area contributed by atoms with E-state index in [1.54, 1.807) is 0 Å². The molecule has 1 N–H and O–H groups in total. The van der Waals surface area contributed by atoms with Gasteiger partial charge in [-0.15, -0.1) is 23.5 Å². The summed E-state index contributed by atoms with van der Waals surface area (Å²) in [5.74, 6) is -4.50. The number of aliphatic carboxylic acids is 1. The third-order valence-corrected chi connectivity index (χ3v) is 9.56. The van der Waals surface area contributed by atoms with Crippen molar-refractivity contribution in [3.8, 4) is 0 Å². The first-order chi connectivity index (χ1) is 22.6. The van der Waals surface area contributed by atoms with Crippen molar-refractivity contribution in [3.05, 3.63) is 0 Å². The summed E-state index contributed by atoms with van der Waals surface area (Å²) in [6.07, 6.45) is -4.62. The maximum atomic E-state index is 12.1. The molecule has 0 aromatic carbocycles. The maximum Gasteiger partial charge on any atom is 0.303 e. The van der Waals surface area contributed by atoms with Crippen LogP contribution in [0.2, 0.25) is 0 Å². The summed E-state index contributed by atoms with van der Waals surface area (Å²) in [7, 11) is 0. The van der Waals surface area contributed by atoms with Gasteiger partial charge in [-0.1, -0.05) is 6.42 Å². The molecular formula is C30H44O16S2. The van der Waals surface area contributed by atoms with Crippen LogP contribution in [-0.4, -0.2) is 119 Å². The first kappa shape index (κ1) is 41.1. The highest BCUT2D eigenvalue weighted by atomic mass is 32.2. The zero-order valence-electron chi connectivity index (χ0n) is 27.7. The molecule has 272 valence electrons. The predicted molar refractivity (Wildman–Crippen MR) is 167 cm³/mol. The normalized spacial score (nSPS) is 27.5. The minimum absolute atomic E-state index is 0.0260. The van der Waals surface area contributed by atoms with Gasteiger partial charge in [0.05, 0.1) is 13.2 Å². The minimum atomic E-state index is -1.15. The van der Waals surface area contributed by atoms with Crippen LogP contribution in [0.4, 0.5) is 0 Å². The highest BCUT2D eigenvalue weighted by Gasteiger charge is 2.49. The summed E-state index contributed by atoms with van der Waals surface area (Å²) in [6, 6.07) is 0. The summed E-state index contributed by atoms with van der Waals surface area (Å²) in [5.41, 5.74) is -1.66. The van der Waals surface area contributed by atoms with Crippen LogP contribution in [0.25, 0.3) is 0 Å². The van der Waals surface area contributed by atoms with E-state index in [-0.39, 0.29) is 24.9 Å². The summed E-state index contributed by atoms with van der Waals surface area (Å²) in [4.78, 5) is 82.5. The largest absolute Gasteiger partial charge is 0.481 e. The number of carbonyl (C=O) groups excluding carboxylic acids is 6. The molecule has 0 saturated carbocycles. The number of carboxylic acid groups (broad SMARTS) is 1. The Morgan fingerprint density at radius 3 is 1.46 bits per heavy atom. The van der Waals surface area contributed by atoms with Crippen molar-refractivity contribution in [2.45, 2.75) is 126 Å². The molecule has 2 heterocycles. The number of thioether (sulfide) groups is 2. The van der Waals surface area contributed by atoms with Crippen molar-refractivity contribution >= 4 is 65.3 Å². The smallest absolute Gasteiger partial charge is 0.303 e. The molecular weight excluding hydrogens is 680 g/mol. The van der Waals surface area contributed by atoms with Crippen molar-refractivity contribution < 1.29 is 76.6 Å². The summed E-state index contributed by atoms with van der Waals surface area (Å²) >= 11 is 2.57. The number of ether oxygens (including phenoxy) is 8. The SMILES string of the molecule is CC(=O)OC1[C@@H](OC(C)=O)[C@H](SCCC(CCCCC(=O)O)S[C@@H]2OC[C@@H](OC(C)=O)C(OC(C)=O)[C@H]2OC(C)=O)OC[C@H]1OC(C)=O. The zero-order chi connectivity index (χ0) is 36.0. The predicted octanol–water partition coefficient (Wildman–Crippen LogP) is 2.16. The zero-order valence-corrected chi connectivity index (χ0v) is 29.4. The van der Waals surface area contributed by atoms with Crippen LogP contribution in [0.3, 0.4) is 0 Å². The third kappa shape index (κ3) is 14.6. The van der Waals surface area contributed by atoms with Crippen molar-refractivity contribution in [3.63, 3.8) is 0 Å². The van der Waals surface area contributed by atoms with E-state index in [2.05, 4.69) is 0 Å². The van der Waals surface area contributed by atoms with Gasteiger partial charge in [0.1, 0.15) is 10.9 Å². The molecule has 0 aromatic heterocycles. The molecule has 16 nitrogen and oxygen atoms in total.